The molecule has 2 aromatic heterocycles. The van der Waals surface area contributed by atoms with Crippen LogP contribution < -0.4 is 4.74 Å². The fourth-order valence-electron chi connectivity index (χ4n) is 4.12. The van der Waals surface area contributed by atoms with Crippen molar-refractivity contribution in [1.82, 2.24) is 14.5 Å². The van der Waals surface area contributed by atoms with Crippen molar-refractivity contribution in [2.75, 3.05) is 13.1 Å². The normalized spacial score (nSPS) is 18.0. The van der Waals surface area contributed by atoms with Gasteiger partial charge in [-0.15, -0.1) is 0 Å². The minimum absolute atomic E-state index is 0.0385. The van der Waals surface area contributed by atoms with Gasteiger partial charge in [0.05, 0.1) is 12.2 Å². The average Bonchev–Trinajstić information content (AvgIpc) is 3.14. The number of pyridine rings is 1. The summed E-state index contributed by atoms with van der Waals surface area (Å²) in [5.41, 5.74) is 3.40. The summed E-state index contributed by atoms with van der Waals surface area (Å²) in [5, 5.41) is 1.07. The lowest BCUT2D eigenvalue weighted by atomic mass is 9.79. The molecule has 5 heteroatoms. The van der Waals surface area contributed by atoms with Gasteiger partial charge in [-0.3, -0.25) is 4.79 Å². The second kappa shape index (κ2) is 8.06. The van der Waals surface area contributed by atoms with Crippen LogP contribution in [-0.4, -0.2) is 39.6 Å². The number of rotatable bonds is 5. The van der Waals surface area contributed by atoms with E-state index in [9.17, 15) is 4.79 Å². The number of benzene rings is 1. The van der Waals surface area contributed by atoms with E-state index in [0.29, 0.717) is 24.5 Å². The van der Waals surface area contributed by atoms with Crippen molar-refractivity contribution in [1.29, 1.82) is 0 Å². The number of fused-ring (bicyclic) bond motifs is 1. The number of likely N-dealkylation sites (tertiary alicyclic amines) is 1. The van der Waals surface area contributed by atoms with Crippen molar-refractivity contribution < 1.29 is 9.53 Å². The first kappa shape index (κ1) is 20.9. The highest BCUT2D eigenvalue weighted by Crippen LogP contribution is 2.34. The summed E-state index contributed by atoms with van der Waals surface area (Å²) in [6, 6.07) is 11.7. The maximum absolute atomic E-state index is 13.3. The van der Waals surface area contributed by atoms with Gasteiger partial charge in [-0.05, 0) is 48.4 Å². The topological polar surface area (TPSA) is 47.4 Å². The molecular weight excluding hydrogens is 386 g/mol. The lowest BCUT2D eigenvalue weighted by Gasteiger charge is -2.43. The summed E-state index contributed by atoms with van der Waals surface area (Å²) in [7, 11) is 2.01. The number of aryl methyl sites for hydroxylation is 1. The second-order valence-electron chi connectivity index (χ2n) is 8.83. The number of aromatic nitrogens is 2. The van der Waals surface area contributed by atoms with Gasteiger partial charge in [0.2, 0.25) is 5.88 Å². The summed E-state index contributed by atoms with van der Waals surface area (Å²) in [6.45, 7) is 13.2. The molecule has 0 saturated carbocycles. The molecule has 1 aromatic carbocycles. The molecule has 1 fully saturated rings. The Morgan fingerprint density at radius 3 is 2.74 bits per heavy atom. The fraction of sp³-hybridized carbons (Fsp3) is 0.308. The number of piperidine rings is 1. The Kier molecular flexibility index (Phi) is 5.44. The van der Waals surface area contributed by atoms with Crippen molar-refractivity contribution in [3.05, 3.63) is 72.6 Å². The third-order valence-electron chi connectivity index (χ3n) is 6.31. The van der Waals surface area contributed by atoms with Gasteiger partial charge in [-0.1, -0.05) is 33.1 Å². The van der Waals surface area contributed by atoms with Gasteiger partial charge < -0.3 is 14.2 Å². The van der Waals surface area contributed by atoms with Crippen molar-refractivity contribution in [2.45, 2.75) is 26.4 Å². The molecule has 0 spiro atoms. The van der Waals surface area contributed by atoms with Crippen molar-refractivity contribution in [3.63, 3.8) is 0 Å². The Labute approximate surface area is 183 Å². The molecule has 3 heterocycles. The number of hydrogen-bond acceptors (Lipinski definition) is 3. The summed E-state index contributed by atoms with van der Waals surface area (Å²) in [4.78, 5) is 19.7. The first-order chi connectivity index (χ1) is 14.8. The molecule has 1 amide bonds. The lowest BCUT2D eigenvalue weighted by Crippen LogP contribution is -2.52. The molecule has 3 aromatic rings. The van der Waals surface area contributed by atoms with Crippen LogP contribution in [0.15, 0.2) is 55.8 Å². The van der Waals surface area contributed by atoms with Gasteiger partial charge >= 0.3 is 0 Å². The van der Waals surface area contributed by atoms with E-state index in [1.54, 1.807) is 12.2 Å². The molecular formula is C26H29N3O2. The Bertz CT molecular complexity index is 1160. The monoisotopic (exact) mass is 415 g/mol. The lowest BCUT2D eigenvalue weighted by molar-refractivity contribution is -0.00633. The largest absolute Gasteiger partial charge is 0.472 e. The van der Waals surface area contributed by atoms with Crippen LogP contribution in [0.3, 0.4) is 0 Å². The van der Waals surface area contributed by atoms with Gasteiger partial charge in [0.25, 0.3) is 5.91 Å². The zero-order valence-corrected chi connectivity index (χ0v) is 18.5. The maximum Gasteiger partial charge on any atom is 0.254 e. The molecule has 1 aliphatic heterocycles. The molecule has 1 aliphatic rings. The van der Waals surface area contributed by atoms with Gasteiger partial charge in [-0.2, -0.15) is 0 Å². The third kappa shape index (κ3) is 4.00. The highest BCUT2D eigenvalue weighted by Gasteiger charge is 2.39. The van der Waals surface area contributed by atoms with E-state index in [-0.39, 0.29) is 17.4 Å². The van der Waals surface area contributed by atoms with Crippen LogP contribution >= 0.6 is 0 Å². The van der Waals surface area contributed by atoms with Crippen molar-refractivity contribution in [2.24, 2.45) is 12.5 Å². The van der Waals surface area contributed by atoms with Gasteiger partial charge in [-0.25, -0.2) is 4.98 Å². The van der Waals surface area contributed by atoms with E-state index in [1.807, 2.05) is 54.5 Å². The Balaban J connectivity index is 1.55. The van der Waals surface area contributed by atoms with Crippen LogP contribution in [0, 0.1) is 5.41 Å². The van der Waals surface area contributed by atoms with E-state index in [2.05, 4.69) is 36.6 Å². The van der Waals surface area contributed by atoms with Gasteiger partial charge in [0.1, 0.15) is 6.10 Å². The number of ether oxygens (including phenoxy) is 1. The molecule has 0 N–H and O–H groups in total. The number of amides is 1. The number of carbonyl (C=O) groups excluding carboxylic acids is 1. The molecule has 31 heavy (non-hydrogen) atoms. The molecule has 160 valence electrons. The van der Waals surface area contributed by atoms with Crippen LogP contribution in [-0.2, 0) is 7.05 Å². The minimum Gasteiger partial charge on any atom is -0.472 e. The highest BCUT2D eigenvalue weighted by molar-refractivity contribution is 5.98. The number of nitrogens with zero attached hydrogens (tertiary/aromatic N) is 3. The summed E-state index contributed by atoms with van der Waals surface area (Å²) < 4.78 is 8.37. The van der Waals surface area contributed by atoms with Gasteiger partial charge in [0, 0.05) is 47.7 Å². The Hall–Kier alpha value is -3.34. The summed E-state index contributed by atoms with van der Waals surface area (Å²) in [6.07, 6.45) is 6.16. The Morgan fingerprint density at radius 1 is 1.19 bits per heavy atom. The zero-order valence-electron chi connectivity index (χ0n) is 18.5. The van der Waals surface area contributed by atoms with E-state index in [4.69, 9.17) is 4.74 Å². The van der Waals surface area contributed by atoms with Crippen LogP contribution in [0.5, 0.6) is 5.88 Å². The molecule has 0 bridgehead atoms. The first-order valence-electron chi connectivity index (χ1n) is 10.6. The van der Waals surface area contributed by atoms with E-state index >= 15 is 0 Å². The molecule has 1 unspecified atom stereocenters. The molecule has 5 nitrogen and oxygen atoms in total. The molecule has 0 radical (unpaired) electrons. The average molecular weight is 416 g/mol. The van der Waals surface area contributed by atoms with E-state index in [0.717, 1.165) is 28.6 Å². The predicted octanol–water partition coefficient (Wildman–Crippen LogP) is 5.18. The highest BCUT2D eigenvalue weighted by atomic mass is 16.5. The van der Waals surface area contributed by atoms with Crippen LogP contribution in [0.4, 0.5) is 0 Å². The summed E-state index contributed by atoms with van der Waals surface area (Å²) in [5.74, 6) is 0.579. The first-order valence-corrected chi connectivity index (χ1v) is 10.6. The SMILES string of the molecule is C=Cc1ccc(OC2CN(C(=O)c3ccc4c(ccn4C)c3)CCC2(C)C)nc1C=C. The smallest absolute Gasteiger partial charge is 0.254 e. The molecule has 4 rings (SSSR count). The summed E-state index contributed by atoms with van der Waals surface area (Å²) >= 11 is 0. The van der Waals surface area contributed by atoms with Crippen LogP contribution in [0.25, 0.3) is 23.1 Å². The minimum atomic E-state index is -0.162. The van der Waals surface area contributed by atoms with Crippen LogP contribution in [0.2, 0.25) is 0 Å². The second-order valence-corrected chi connectivity index (χ2v) is 8.83. The van der Waals surface area contributed by atoms with Crippen LogP contribution in [0.1, 0.15) is 41.9 Å². The Morgan fingerprint density at radius 2 is 2.00 bits per heavy atom. The van der Waals surface area contributed by atoms with Crippen molar-refractivity contribution in [3.8, 4) is 5.88 Å². The molecule has 1 saturated heterocycles. The molecule has 1 atom stereocenters. The van der Waals surface area contributed by atoms with Crippen molar-refractivity contribution >= 4 is 29.0 Å². The standard InChI is InChI=1S/C26H29N3O2/c1-6-18-9-11-24(27-21(18)7-2)31-23-17-29(15-13-26(23,3)4)25(30)20-8-10-22-19(16-20)12-14-28(22)5/h6-12,14,16,23H,1-2,13,15,17H2,3-5H3. The maximum atomic E-state index is 13.3. The number of hydrogen-bond donors (Lipinski definition) is 0. The fourth-order valence-corrected chi connectivity index (χ4v) is 4.12. The number of carbonyl (C=O) groups is 1. The molecule has 0 aliphatic carbocycles. The zero-order chi connectivity index (χ0) is 22.2. The third-order valence-corrected chi connectivity index (χ3v) is 6.31. The van der Waals surface area contributed by atoms with E-state index < -0.39 is 0 Å². The quantitative estimate of drug-likeness (QED) is 0.577. The predicted molar refractivity (Wildman–Crippen MR) is 126 cm³/mol. The van der Waals surface area contributed by atoms with E-state index in [1.165, 1.54) is 0 Å². The van der Waals surface area contributed by atoms with Gasteiger partial charge in [0.15, 0.2) is 0 Å².